The van der Waals surface area contributed by atoms with Crippen molar-refractivity contribution in [1.29, 1.82) is 0 Å². The lowest BCUT2D eigenvalue weighted by atomic mass is 10.2. The SMILES string of the molecule is CN(CCNCc1ccoc1)CCc1ccccn1. The first-order chi connectivity index (χ1) is 9.34. The molecule has 0 radical (unpaired) electrons. The number of pyridine rings is 1. The average Bonchev–Trinajstić information content (AvgIpc) is 2.96. The van der Waals surface area contributed by atoms with Crippen molar-refractivity contribution in [2.75, 3.05) is 26.7 Å². The summed E-state index contributed by atoms with van der Waals surface area (Å²) in [4.78, 5) is 6.64. The first-order valence-electron chi connectivity index (χ1n) is 6.65. The predicted molar refractivity (Wildman–Crippen MR) is 75.9 cm³/mol. The van der Waals surface area contributed by atoms with E-state index in [1.54, 1.807) is 12.5 Å². The van der Waals surface area contributed by atoms with E-state index in [4.69, 9.17) is 4.42 Å². The summed E-state index contributed by atoms with van der Waals surface area (Å²) < 4.78 is 5.02. The van der Waals surface area contributed by atoms with Gasteiger partial charge in [-0.05, 0) is 25.2 Å². The maximum Gasteiger partial charge on any atom is 0.0947 e. The van der Waals surface area contributed by atoms with Gasteiger partial charge in [-0.2, -0.15) is 0 Å². The van der Waals surface area contributed by atoms with Gasteiger partial charge in [-0.25, -0.2) is 0 Å². The van der Waals surface area contributed by atoms with Crippen molar-refractivity contribution in [2.45, 2.75) is 13.0 Å². The molecule has 0 saturated carbocycles. The highest BCUT2D eigenvalue weighted by molar-refractivity contribution is 5.04. The van der Waals surface area contributed by atoms with E-state index in [1.165, 1.54) is 5.56 Å². The molecule has 0 atom stereocenters. The Balaban J connectivity index is 1.56. The quantitative estimate of drug-likeness (QED) is 0.736. The minimum Gasteiger partial charge on any atom is -0.472 e. The molecule has 0 saturated heterocycles. The number of furan rings is 1. The fraction of sp³-hybridized carbons (Fsp3) is 0.400. The Hall–Kier alpha value is -1.65. The van der Waals surface area contributed by atoms with Gasteiger partial charge in [-0.3, -0.25) is 4.98 Å². The molecular formula is C15H21N3O. The van der Waals surface area contributed by atoms with Gasteiger partial charge in [-0.1, -0.05) is 6.07 Å². The molecule has 0 aliphatic heterocycles. The number of rotatable bonds is 8. The normalized spacial score (nSPS) is 11.1. The molecule has 2 aromatic rings. The largest absolute Gasteiger partial charge is 0.472 e. The number of aromatic nitrogens is 1. The molecule has 19 heavy (non-hydrogen) atoms. The third-order valence-corrected chi connectivity index (χ3v) is 3.06. The molecular weight excluding hydrogens is 238 g/mol. The number of likely N-dealkylation sites (N-methyl/N-ethyl adjacent to an activating group) is 1. The van der Waals surface area contributed by atoms with Crippen LogP contribution in [0.15, 0.2) is 47.4 Å². The molecule has 0 aliphatic rings. The van der Waals surface area contributed by atoms with Crippen LogP contribution in [0.5, 0.6) is 0 Å². The summed E-state index contributed by atoms with van der Waals surface area (Å²) in [7, 11) is 2.14. The van der Waals surface area contributed by atoms with Gasteiger partial charge in [0.05, 0.1) is 12.5 Å². The van der Waals surface area contributed by atoms with Gasteiger partial charge >= 0.3 is 0 Å². The Labute approximate surface area is 114 Å². The van der Waals surface area contributed by atoms with Crippen molar-refractivity contribution >= 4 is 0 Å². The second kappa shape index (κ2) is 7.71. The highest BCUT2D eigenvalue weighted by atomic mass is 16.3. The molecule has 1 N–H and O–H groups in total. The summed E-state index contributed by atoms with van der Waals surface area (Å²) in [6, 6.07) is 8.05. The zero-order valence-electron chi connectivity index (χ0n) is 11.4. The third-order valence-electron chi connectivity index (χ3n) is 3.06. The Kier molecular flexibility index (Phi) is 5.59. The number of hydrogen-bond donors (Lipinski definition) is 1. The predicted octanol–water partition coefficient (Wildman–Crippen LogP) is 1.94. The van der Waals surface area contributed by atoms with Gasteiger partial charge < -0.3 is 14.6 Å². The molecule has 0 aliphatic carbocycles. The van der Waals surface area contributed by atoms with Crippen molar-refractivity contribution in [2.24, 2.45) is 0 Å². The highest BCUT2D eigenvalue weighted by Gasteiger charge is 2.00. The maximum atomic E-state index is 5.02. The van der Waals surface area contributed by atoms with E-state index in [1.807, 2.05) is 24.4 Å². The van der Waals surface area contributed by atoms with Crippen LogP contribution in [-0.2, 0) is 13.0 Å². The van der Waals surface area contributed by atoms with Gasteiger partial charge in [0, 0.05) is 50.1 Å². The fourth-order valence-corrected chi connectivity index (χ4v) is 1.86. The zero-order chi connectivity index (χ0) is 13.3. The van der Waals surface area contributed by atoms with Crippen LogP contribution in [0, 0.1) is 0 Å². The molecule has 0 unspecified atom stereocenters. The Bertz CT molecular complexity index is 442. The monoisotopic (exact) mass is 259 g/mol. The lowest BCUT2D eigenvalue weighted by molar-refractivity contribution is 0.334. The van der Waals surface area contributed by atoms with Crippen molar-refractivity contribution in [3.63, 3.8) is 0 Å². The smallest absolute Gasteiger partial charge is 0.0947 e. The maximum absolute atomic E-state index is 5.02. The second-order valence-electron chi connectivity index (χ2n) is 4.68. The minimum atomic E-state index is 0.866. The molecule has 0 bridgehead atoms. The van der Waals surface area contributed by atoms with E-state index in [2.05, 4.69) is 28.3 Å². The molecule has 2 aromatic heterocycles. The number of nitrogens with zero attached hydrogens (tertiary/aromatic N) is 2. The molecule has 4 heteroatoms. The zero-order valence-corrected chi connectivity index (χ0v) is 11.4. The van der Waals surface area contributed by atoms with Gasteiger partial charge in [-0.15, -0.1) is 0 Å². The van der Waals surface area contributed by atoms with Crippen molar-refractivity contribution < 1.29 is 4.42 Å². The van der Waals surface area contributed by atoms with Crippen LogP contribution in [0.3, 0.4) is 0 Å². The first-order valence-corrected chi connectivity index (χ1v) is 6.65. The van der Waals surface area contributed by atoms with Crippen LogP contribution in [-0.4, -0.2) is 36.6 Å². The Morgan fingerprint density at radius 1 is 1.26 bits per heavy atom. The van der Waals surface area contributed by atoms with Crippen molar-refractivity contribution in [3.8, 4) is 0 Å². The minimum absolute atomic E-state index is 0.866. The van der Waals surface area contributed by atoms with Gasteiger partial charge in [0.2, 0.25) is 0 Å². The van der Waals surface area contributed by atoms with Gasteiger partial charge in [0.25, 0.3) is 0 Å². The summed E-state index contributed by atoms with van der Waals surface area (Å²) in [5.74, 6) is 0. The summed E-state index contributed by atoms with van der Waals surface area (Å²) in [5.41, 5.74) is 2.34. The van der Waals surface area contributed by atoms with E-state index in [0.717, 1.165) is 38.3 Å². The van der Waals surface area contributed by atoms with Gasteiger partial charge in [0.1, 0.15) is 0 Å². The topological polar surface area (TPSA) is 41.3 Å². The summed E-state index contributed by atoms with van der Waals surface area (Å²) in [5, 5.41) is 3.40. The number of hydrogen-bond acceptors (Lipinski definition) is 4. The molecule has 102 valence electrons. The molecule has 2 heterocycles. The van der Waals surface area contributed by atoms with E-state index >= 15 is 0 Å². The van der Waals surface area contributed by atoms with E-state index < -0.39 is 0 Å². The van der Waals surface area contributed by atoms with Crippen LogP contribution in [0.1, 0.15) is 11.3 Å². The van der Waals surface area contributed by atoms with E-state index in [0.29, 0.717) is 0 Å². The van der Waals surface area contributed by atoms with Gasteiger partial charge in [0.15, 0.2) is 0 Å². The average molecular weight is 259 g/mol. The summed E-state index contributed by atoms with van der Waals surface area (Å²) in [6.45, 7) is 3.91. The van der Waals surface area contributed by atoms with Crippen LogP contribution in [0.2, 0.25) is 0 Å². The van der Waals surface area contributed by atoms with Crippen LogP contribution >= 0.6 is 0 Å². The van der Waals surface area contributed by atoms with Crippen molar-refractivity contribution in [1.82, 2.24) is 15.2 Å². The summed E-state index contributed by atoms with van der Waals surface area (Å²) >= 11 is 0. The standard InChI is InChI=1S/C15H21N3O/c1-18(9-5-15-4-2-3-7-17-15)10-8-16-12-14-6-11-19-13-14/h2-4,6-7,11,13,16H,5,8-10,12H2,1H3. The molecule has 0 aromatic carbocycles. The fourth-order valence-electron chi connectivity index (χ4n) is 1.86. The number of nitrogens with one attached hydrogen (secondary N) is 1. The molecule has 2 rings (SSSR count). The van der Waals surface area contributed by atoms with Crippen LogP contribution < -0.4 is 5.32 Å². The molecule has 0 spiro atoms. The molecule has 0 amide bonds. The molecule has 4 nitrogen and oxygen atoms in total. The third kappa shape index (κ3) is 5.24. The van der Waals surface area contributed by atoms with Crippen molar-refractivity contribution in [3.05, 3.63) is 54.2 Å². The van der Waals surface area contributed by atoms with Crippen LogP contribution in [0.4, 0.5) is 0 Å². The van der Waals surface area contributed by atoms with E-state index in [9.17, 15) is 0 Å². The second-order valence-corrected chi connectivity index (χ2v) is 4.68. The summed E-state index contributed by atoms with van der Waals surface area (Å²) in [6.07, 6.45) is 6.33. The highest BCUT2D eigenvalue weighted by Crippen LogP contribution is 1.98. The van der Waals surface area contributed by atoms with Crippen LogP contribution in [0.25, 0.3) is 0 Å². The Morgan fingerprint density at radius 2 is 2.21 bits per heavy atom. The first kappa shape index (κ1) is 13.8. The lowest BCUT2D eigenvalue weighted by Crippen LogP contribution is -2.30. The lowest BCUT2D eigenvalue weighted by Gasteiger charge is -2.16. The Morgan fingerprint density at radius 3 is 2.95 bits per heavy atom. The van der Waals surface area contributed by atoms with E-state index in [-0.39, 0.29) is 0 Å². The molecule has 0 fully saturated rings.